The van der Waals surface area contributed by atoms with Gasteiger partial charge < -0.3 is 15.7 Å². The van der Waals surface area contributed by atoms with Gasteiger partial charge in [-0.1, -0.05) is 31.1 Å². The molecule has 0 radical (unpaired) electrons. The summed E-state index contributed by atoms with van der Waals surface area (Å²) in [4.78, 5) is 0. The average molecular weight is 268 g/mol. The number of hydrogen-bond acceptors (Lipinski definition) is 3. The highest BCUT2D eigenvalue weighted by molar-refractivity contribution is 5.97. The van der Waals surface area contributed by atoms with E-state index >= 15 is 0 Å². The zero-order valence-electron chi connectivity index (χ0n) is 11.4. The molecule has 0 heterocycles. The molecule has 1 aromatic carbocycles. The third-order valence-corrected chi connectivity index (χ3v) is 2.78. The Balaban J connectivity index is 2.47. The van der Waals surface area contributed by atoms with Crippen LogP contribution in [0.1, 0.15) is 37.8 Å². The molecule has 0 bridgehead atoms. The van der Waals surface area contributed by atoms with Crippen molar-refractivity contribution in [3.63, 3.8) is 0 Å². The monoisotopic (exact) mass is 268 g/mol. The van der Waals surface area contributed by atoms with Crippen molar-refractivity contribution in [1.29, 1.82) is 0 Å². The Morgan fingerprint density at radius 3 is 2.79 bits per heavy atom. The Labute approximate surface area is 113 Å². The van der Waals surface area contributed by atoms with Crippen LogP contribution in [0.25, 0.3) is 0 Å². The van der Waals surface area contributed by atoms with E-state index in [0.717, 1.165) is 12.8 Å². The van der Waals surface area contributed by atoms with Crippen molar-refractivity contribution in [1.82, 2.24) is 0 Å². The maximum atomic E-state index is 13.7. The number of oxime groups is 1. The summed E-state index contributed by atoms with van der Waals surface area (Å²) in [7, 11) is 0. The molecule has 0 saturated carbocycles. The zero-order chi connectivity index (χ0) is 14.3. The lowest BCUT2D eigenvalue weighted by atomic mass is 10.1. The van der Waals surface area contributed by atoms with Crippen molar-refractivity contribution in [2.45, 2.75) is 33.3 Å². The molecule has 1 aromatic rings. The molecular formula is C14H21FN2O2. The van der Waals surface area contributed by atoms with E-state index in [9.17, 15) is 4.39 Å². The van der Waals surface area contributed by atoms with Gasteiger partial charge in [-0.2, -0.15) is 0 Å². The first-order valence-corrected chi connectivity index (χ1v) is 6.38. The molecule has 0 aromatic heterocycles. The summed E-state index contributed by atoms with van der Waals surface area (Å²) in [6.45, 7) is 5.18. The SMILES string of the molecule is CC(C)CCCOCc1ccc(/C(N)=N/O)cc1F. The lowest BCUT2D eigenvalue weighted by Gasteiger charge is -2.08. The molecule has 0 amide bonds. The van der Waals surface area contributed by atoms with Gasteiger partial charge in [0.25, 0.3) is 0 Å². The normalized spacial score (nSPS) is 12.1. The van der Waals surface area contributed by atoms with Gasteiger partial charge in [-0.15, -0.1) is 0 Å². The molecule has 5 heteroatoms. The standard InChI is InChI=1S/C14H21FN2O2/c1-10(2)4-3-7-19-9-12-6-5-11(8-13(12)15)14(16)17-18/h5-6,8,10,18H,3-4,7,9H2,1-2H3,(H2,16,17). The molecular weight excluding hydrogens is 247 g/mol. The molecule has 0 saturated heterocycles. The number of amidine groups is 1. The summed E-state index contributed by atoms with van der Waals surface area (Å²) in [5.74, 6) is 0.136. The minimum absolute atomic E-state index is 0.108. The largest absolute Gasteiger partial charge is 0.409 e. The van der Waals surface area contributed by atoms with Crippen LogP contribution in [-0.2, 0) is 11.3 Å². The fourth-order valence-corrected chi connectivity index (χ4v) is 1.66. The molecule has 19 heavy (non-hydrogen) atoms. The summed E-state index contributed by atoms with van der Waals surface area (Å²) in [6.07, 6.45) is 2.08. The van der Waals surface area contributed by atoms with E-state index in [1.807, 2.05) is 0 Å². The second kappa shape index (κ2) is 7.74. The van der Waals surface area contributed by atoms with E-state index in [2.05, 4.69) is 19.0 Å². The predicted octanol–water partition coefficient (Wildman–Crippen LogP) is 2.87. The van der Waals surface area contributed by atoms with E-state index in [1.165, 1.54) is 6.07 Å². The molecule has 4 nitrogen and oxygen atoms in total. The number of ether oxygens (including phenoxy) is 1. The highest BCUT2D eigenvalue weighted by atomic mass is 19.1. The number of hydrogen-bond donors (Lipinski definition) is 2. The van der Waals surface area contributed by atoms with Crippen molar-refractivity contribution in [2.75, 3.05) is 6.61 Å². The molecule has 3 N–H and O–H groups in total. The van der Waals surface area contributed by atoms with Crippen LogP contribution in [0.15, 0.2) is 23.4 Å². The number of halogens is 1. The van der Waals surface area contributed by atoms with Crippen molar-refractivity contribution >= 4 is 5.84 Å². The summed E-state index contributed by atoms with van der Waals surface area (Å²) >= 11 is 0. The first-order chi connectivity index (χ1) is 9.04. The highest BCUT2D eigenvalue weighted by Gasteiger charge is 2.06. The molecule has 0 aliphatic carbocycles. The smallest absolute Gasteiger partial charge is 0.170 e. The van der Waals surface area contributed by atoms with E-state index in [-0.39, 0.29) is 12.4 Å². The topological polar surface area (TPSA) is 67.8 Å². The minimum atomic E-state index is -0.409. The number of nitrogens with zero attached hydrogens (tertiary/aromatic N) is 1. The van der Waals surface area contributed by atoms with Crippen molar-refractivity contribution in [2.24, 2.45) is 16.8 Å². The summed E-state index contributed by atoms with van der Waals surface area (Å²) in [5.41, 5.74) is 6.21. The number of nitrogens with two attached hydrogens (primary N) is 1. The Morgan fingerprint density at radius 2 is 2.21 bits per heavy atom. The average Bonchev–Trinajstić information content (AvgIpc) is 2.38. The van der Waals surface area contributed by atoms with Crippen LogP contribution in [0.3, 0.4) is 0 Å². The predicted molar refractivity (Wildman–Crippen MR) is 72.6 cm³/mol. The number of rotatable bonds is 7. The Morgan fingerprint density at radius 1 is 1.47 bits per heavy atom. The Hall–Kier alpha value is -1.62. The third-order valence-electron chi connectivity index (χ3n) is 2.78. The maximum absolute atomic E-state index is 13.7. The fourth-order valence-electron chi connectivity index (χ4n) is 1.66. The van der Waals surface area contributed by atoms with Gasteiger partial charge in [0, 0.05) is 17.7 Å². The van der Waals surface area contributed by atoms with Crippen LogP contribution < -0.4 is 5.73 Å². The highest BCUT2D eigenvalue weighted by Crippen LogP contribution is 2.12. The van der Waals surface area contributed by atoms with Crippen LogP contribution in [0, 0.1) is 11.7 Å². The van der Waals surface area contributed by atoms with Gasteiger partial charge in [0.1, 0.15) is 5.82 Å². The van der Waals surface area contributed by atoms with Crippen LogP contribution >= 0.6 is 0 Å². The molecule has 106 valence electrons. The lowest BCUT2D eigenvalue weighted by Crippen LogP contribution is -2.13. The first kappa shape index (κ1) is 15.4. The lowest BCUT2D eigenvalue weighted by molar-refractivity contribution is 0.112. The van der Waals surface area contributed by atoms with Gasteiger partial charge in [-0.05, 0) is 24.8 Å². The second-order valence-electron chi connectivity index (χ2n) is 4.88. The van der Waals surface area contributed by atoms with E-state index < -0.39 is 5.82 Å². The van der Waals surface area contributed by atoms with Crippen LogP contribution in [0.2, 0.25) is 0 Å². The Bertz CT molecular complexity index is 433. The molecule has 0 spiro atoms. The fraction of sp³-hybridized carbons (Fsp3) is 0.500. The molecule has 0 aliphatic heterocycles. The third kappa shape index (κ3) is 5.26. The van der Waals surface area contributed by atoms with Crippen molar-refractivity contribution in [3.05, 3.63) is 35.1 Å². The maximum Gasteiger partial charge on any atom is 0.170 e. The van der Waals surface area contributed by atoms with Gasteiger partial charge in [-0.25, -0.2) is 4.39 Å². The summed E-state index contributed by atoms with van der Waals surface area (Å²) in [6, 6.07) is 4.43. The molecule has 1 rings (SSSR count). The van der Waals surface area contributed by atoms with Crippen LogP contribution in [0.4, 0.5) is 4.39 Å². The van der Waals surface area contributed by atoms with Gasteiger partial charge in [0.05, 0.1) is 6.61 Å². The van der Waals surface area contributed by atoms with Crippen LogP contribution in [-0.4, -0.2) is 17.6 Å². The molecule has 0 fully saturated rings. The van der Waals surface area contributed by atoms with E-state index in [1.54, 1.807) is 12.1 Å². The quantitative estimate of drug-likeness (QED) is 0.263. The second-order valence-corrected chi connectivity index (χ2v) is 4.88. The minimum Gasteiger partial charge on any atom is -0.409 e. The molecule has 0 aliphatic rings. The van der Waals surface area contributed by atoms with Gasteiger partial charge in [0.2, 0.25) is 0 Å². The van der Waals surface area contributed by atoms with Crippen LogP contribution in [0.5, 0.6) is 0 Å². The van der Waals surface area contributed by atoms with Crippen molar-refractivity contribution < 1.29 is 14.3 Å². The summed E-state index contributed by atoms with van der Waals surface area (Å²) < 4.78 is 19.1. The first-order valence-electron chi connectivity index (χ1n) is 6.38. The molecule has 0 atom stereocenters. The van der Waals surface area contributed by atoms with E-state index in [4.69, 9.17) is 15.7 Å². The number of benzene rings is 1. The van der Waals surface area contributed by atoms with E-state index in [0.29, 0.717) is 23.7 Å². The van der Waals surface area contributed by atoms with Crippen molar-refractivity contribution in [3.8, 4) is 0 Å². The van der Waals surface area contributed by atoms with Gasteiger partial charge in [-0.3, -0.25) is 0 Å². The summed E-state index contributed by atoms with van der Waals surface area (Å²) in [5, 5.41) is 11.3. The van der Waals surface area contributed by atoms with Gasteiger partial charge >= 0.3 is 0 Å². The zero-order valence-corrected chi connectivity index (χ0v) is 11.4. The Kier molecular flexibility index (Phi) is 6.29. The van der Waals surface area contributed by atoms with Gasteiger partial charge in [0.15, 0.2) is 5.84 Å². The molecule has 0 unspecified atom stereocenters.